The van der Waals surface area contributed by atoms with Crippen molar-refractivity contribution in [2.45, 2.75) is 13.8 Å². The molecular weight excluding hydrogens is 262 g/mol. The van der Waals surface area contributed by atoms with E-state index in [0.717, 1.165) is 16.7 Å². The molecular formula is C14H14ClN3O. The first-order chi connectivity index (χ1) is 9.06. The van der Waals surface area contributed by atoms with Crippen LogP contribution in [0.1, 0.15) is 16.7 Å². The van der Waals surface area contributed by atoms with E-state index < -0.39 is 0 Å². The molecule has 0 spiro atoms. The highest BCUT2D eigenvalue weighted by Crippen LogP contribution is 2.17. The topological polar surface area (TPSA) is 57.8 Å². The number of nitrogens with one attached hydrogen (secondary N) is 2. The summed E-state index contributed by atoms with van der Waals surface area (Å²) in [5.41, 5.74) is 2.78. The van der Waals surface area contributed by atoms with E-state index in [-0.39, 0.29) is 5.91 Å². The fourth-order valence-electron chi connectivity index (χ4n) is 1.52. The van der Waals surface area contributed by atoms with Crippen LogP contribution in [0.3, 0.4) is 0 Å². The highest BCUT2D eigenvalue weighted by Gasteiger charge is 2.02. The van der Waals surface area contributed by atoms with Crippen LogP contribution in [-0.2, 0) is 4.79 Å². The van der Waals surface area contributed by atoms with Gasteiger partial charge in [-0.3, -0.25) is 9.89 Å². The van der Waals surface area contributed by atoms with E-state index in [1.54, 1.807) is 12.3 Å². The number of anilines is 1. The van der Waals surface area contributed by atoms with E-state index in [1.807, 2.05) is 32.0 Å². The van der Waals surface area contributed by atoms with Crippen molar-refractivity contribution in [1.29, 1.82) is 0 Å². The maximum atomic E-state index is 11.7. The molecule has 4 nitrogen and oxygen atoms in total. The number of nitrogens with zero attached hydrogens (tertiary/aromatic N) is 1. The van der Waals surface area contributed by atoms with Crippen molar-refractivity contribution in [2.24, 2.45) is 0 Å². The third kappa shape index (κ3) is 3.45. The number of halogens is 1. The summed E-state index contributed by atoms with van der Waals surface area (Å²) in [6.07, 6.45) is 4.83. The molecule has 1 heterocycles. The van der Waals surface area contributed by atoms with E-state index in [1.165, 1.54) is 6.08 Å². The molecule has 98 valence electrons. The van der Waals surface area contributed by atoms with Crippen LogP contribution in [-0.4, -0.2) is 16.1 Å². The summed E-state index contributed by atoms with van der Waals surface area (Å²) in [5, 5.41) is 9.94. The van der Waals surface area contributed by atoms with Crippen molar-refractivity contribution in [2.75, 3.05) is 5.32 Å². The summed E-state index contributed by atoms with van der Waals surface area (Å²) in [4.78, 5) is 11.7. The van der Waals surface area contributed by atoms with Crippen LogP contribution in [0.25, 0.3) is 6.08 Å². The van der Waals surface area contributed by atoms with Gasteiger partial charge in [0.05, 0.1) is 6.20 Å². The van der Waals surface area contributed by atoms with E-state index in [0.29, 0.717) is 10.8 Å². The first-order valence-electron chi connectivity index (χ1n) is 5.81. The minimum absolute atomic E-state index is 0.218. The standard InChI is InChI=1S/C14H14ClN3O/c1-9-3-4-11(7-12(9)15)5-6-13(19)17-14-10(2)8-16-18-14/h3-8H,1-2H3,(H2,16,17,18,19)/b6-5+. The van der Waals surface area contributed by atoms with Gasteiger partial charge in [-0.05, 0) is 37.1 Å². The lowest BCUT2D eigenvalue weighted by Crippen LogP contribution is -2.08. The number of aromatic nitrogens is 2. The molecule has 0 bridgehead atoms. The molecule has 2 aromatic rings. The molecule has 0 radical (unpaired) electrons. The Morgan fingerprint density at radius 3 is 2.79 bits per heavy atom. The van der Waals surface area contributed by atoms with E-state index >= 15 is 0 Å². The van der Waals surface area contributed by atoms with Gasteiger partial charge in [-0.15, -0.1) is 0 Å². The van der Waals surface area contributed by atoms with Gasteiger partial charge in [0.15, 0.2) is 0 Å². The Kier molecular flexibility index (Phi) is 4.02. The maximum Gasteiger partial charge on any atom is 0.249 e. The Morgan fingerprint density at radius 1 is 1.37 bits per heavy atom. The molecule has 1 aromatic heterocycles. The molecule has 0 unspecified atom stereocenters. The lowest BCUT2D eigenvalue weighted by molar-refractivity contribution is -0.111. The quantitative estimate of drug-likeness (QED) is 0.844. The fourth-order valence-corrected chi connectivity index (χ4v) is 1.71. The third-order valence-corrected chi connectivity index (χ3v) is 3.11. The third-order valence-electron chi connectivity index (χ3n) is 2.70. The lowest BCUT2D eigenvalue weighted by Gasteiger charge is -2.00. The summed E-state index contributed by atoms with van der Waals surface area (Å²) < 4.78 is 0. The molecule has 2 N–H and O–H groups in total. The van der Waals surface area contributed by atoms with Gasteiger partial charge in [-0.25, -0.2) is 0 Å². The molecule has 0 fully saturated rings. The lowest BCUT2D eigenvalue weighted by atomic mass is 10.1. The van der Waals surface area contributed by atoms with Gasteiger partial charge in [-0.2, -0.15) is 5.10 Å². The van der Waals surface area contributed by atoms with E-state index in [9.17, 15) is 4.79 Å². The fraction of sp³-hybridized carbons (Fsp3) is 0.143. The zero-order valence-electron chi connectivity index (χ0n) is 10.7. The minimum atomic E-state index is -0.218. The molecule has 5 heteroatoms. The van der Waals surface area contributed by atoms with Gasteiger partial charge >= 0.3 is 0 Å². The van der Waals surface area contributed by atoms with E-state index in [4.69, 9.17) is 11.6 Å². The predicted octanol–water partition coefficient (Wildman–Crippen LogP) is 3.33. The number of hydrogen-bond acceptors (Lipinski definition) is 2. The number of amides is 1. The Hall–Kier alpha value is -2.07. The Morgan fingerprint density at radius 2 is 2.16 bits per heavy atom. The Labute approximate surface area is 116 Å². The number of aryl methyl sites for hydroxylation is 2. The minimum Gasteiger partial charge on any atom is -0.307 e. The van der Waals surface area contributed by atoms with Crippen molar-refractivity contribution in [3.05, 3.63) is 52.2 Å². The number of carbonyl (C=O) groups excluding carboxylic acids is 1. The largest absolute Gasteiger partial charge is 0.307 e. The number of H-pyrrole nitrogens is 1. The molecule has 0 atom stereocenters. The van der Waals surface area contributed by atoms with Crippen LogP contribution < -0.4 is 5.32 Å². The number of rotatable bonds is 3. The molecule has 1 aromatic carbocycles. The van der Waals surface area contributed by atoms with Crippen LogP contribution in [0.15, 0.2) is 30.5 Å². The summed E-state index contributed by atoms with van der Waals surface area (Å²) in [6, 6.07) is 5.65. The van der Waals surface area contributed by atoms with Gasteiger partial charge in [-0.1, -0.05) is 23.7 Å². The Balaban J connectivity index is 2.04. The van der Waals surface area contributed by atoms with Gasteiger partial charge in [0.1, 0.15) is 5.82 Å². The average Bonchev–Trinajstić information content (AvgIpc) is 2.77. The normalized spacial score (nSPS) is 10.9. The molecule has 0 aliphatic rings. The molecule has 0 saturated heterocycles. The average molecular weight is 276 g/mol. The monoisotopic (exact) mass is 275 g/mol. The van der Waals surface area contributed by atoms with Crippen LogP contribution in [0.4, 0.5) is 5.82 Å². The van der Waals surface area contributed by atoms with Crippen molar-refractivity contribution in [3.8, 4) is 0 Å². The number of benzene rings is 1. The van der Waals surface area contributed by atoms with Crippen LogP contribution >= 0.6 is 11.6 Å². The molecule has 0 aliphatic carbocycles. The molecule has 0 saturated carbocycles. The number of carbonyl (C=O) groups is 1. The maximum absolute atomic E-state index is 11.7. The molecule has 2 rings (SSSR count). The smallest absolute Gasteiger partial charge is 0.249 e. The van der Waals surface area contributed by atoms with Gasteiger partial charge in [0.25, 0.3) is 0 Å². The van der Waals surface area contributed by atoms with E-state index in [2.05, 4.69) is 15.5 Å². The second-order valence-electron chi connectivity index (χ2n) is 4.26. The highest BCUT2D eigenvalue weighted by molar-refractivity contribution is 6.31. The molecule has 1 amide bonds. The first-order valence-corrected chi connectivity index (χ1v) is 6.19. The van der Waals surface area contributed by atoms with Crippen molar-refractivity contribution < 1.29 is 4.79 Å². The zero-order valence-corrected chi connectivity index (χ0v) is 11.5. The summed E-state index contributed by atoms with van der Waals surface area (Å²) in [6.45, 7) is 3.80. The summed E-state index contributed by atoms with van der Waals surface area (Å²) >= 11 is 6.02. The zero-order chi connectivity index (χ0) is 13.8. The van der Waals surface area contributed by atoms with Crippen molar-refractivity contribution in [3.63, 3.8) is 0 Å². The SMILES string of the molecule is Cc1ccc(/C=C/C(=O)Nc2[nH]ncc2C)cc1Cl. The van der Waals surface area contributed by atoms with Crippen LogP contribution in [0, 0.1) is 13.8 Å². The van der Waals surface area contributed by atoms with Gasteiger partial charge < -0.3 is 5.32 Å². The first kappa shape index (κ1) is 13.4. The number of hydrogen-bond donors (Lipinski definition) is 2. The predicted molar refractivity (Wildman–Crippen MR) is 77.2 cm³/mol. The van der Waals surface area contributed by atoms with Crippen molar-refractivity contribution >= 4 is 29.4 Å². The molecule has 19 heavy (non-hydrogen) atoms. The Bertz CT molecular complexity index is 631. The van der Waals surface area contributed by atoms with Gasteiger partial charge in [0.2, 0.25) is 5.91 Å². The number of aromatic amines is 1. The molecule has 0 aliphatic heterocycles. The second-order valence-corrected chi connectivity index (χ2v) is 4.67. The van der Waals surface area contributed by atoms with Gasteiger partial charge in [0, 0.05) is 16.7 Å². The van der Waals surface area contributed by atoms with Crippen LogP contribution in [0.2, 0.25) is 5.02 Å². The van der Waals surface area contributed by atoms with Crippen molar-refractivity contribution in [1.82, 2.24) is 10.2 Å². The summed E-state index contributed by atoms with van der Waals surface area (Å²) in [7, 11) is 0. The van der Waals surface area contributed by atoms with Crippen LogP contribution in [0.5, 0.6) is 0 Å². The highest BCUT2D eigenvalue weighted by atomic mass is 35.5. The summed E-state index contributed by atoms with van der Waals surface area (Å²) in [5.74, 6) is 0.389. The second kappa shape index (κ2) is 5.71.